The standard InChI is InChI=1S/C10H14F2N4O4/c1-5-9(16(19)20)6(2)15(14-5)4-8(18)13-3-7(17)10(11)12/h7,10,17H,3-4H2,1-2H3,(H,13,18). The van der Waals surface area contributed by atoms with Crippen LogP contribution in [0.2, 0.25) is 0 Å². The van der Waals surface area contributed by atoms with E-state index in [2.05, 4.69) is 10.4 Å². The Morgan fingerprint density at radius 2 is 2.15 bits per heavy atom. The molecule has 0 aliphatic carbocycles. The van der Waals surface area contributed by atoms with Crippen LogP contribution in [0.1, 0.15) is 11.4 Å². The monoisotopic (exact) mass is 292 g/mol. The number of nitrogens with one attached hydrogen (secondary N) is 1. The van der Waals surface area contributed by atoms with E-state index >= 15 is 0 Å². The quantitative estimate of drug-likeness (QED) is 0.573. The molecule has 0 bridgehead atoms. The Hall–Kier alpha value is -2.10. The van der Waals surface area contributed by atoms with Gasteiger partial charge in [-0.2, -0.15) is 5.10 Å². The van der Waals surface area contributed by atoms with Crippen LogP contribution < -0.4 is 5.32 Å². The number of carbonyl (C=O) groups excluding carboxylic acids is 1. The average molecular weight is 292 g/mol. The highest BCUT2D eigenvalue weighted by atomic mass is 19.3. The van der Waals surface area contributed by atoms with Gasteiger partial charge < -0.3 is 10.4 Å². The van der Waals surface area contributed by atoms with Crippen LogP contribution in [-0.4, -0.2) is 44.8 Å². The lowest BCUT2D eigenvalue weighted by molar-refractivity contribution is -0.386. The summed E-state index contributed by atoms with van der Waals surface area (Å²) in [6.07, 6.45) is -4.90. The van der Waals surface area contributed by atoms with Crippen molar-refractivity contribution >= 4 is 11.6 Å². The largest absolute Gasteiger partial charge is 0.385 e. The number of hydrogen-bond donors (Lipinski definition) is 2. The molecule has 112 valence electrons. The number of aliphatic hydroxyl groups is 1. The van der Waals surface area contributed by atoms with Crippen molar-refractivity contribution in [3.05, 3.63) is 21.5 Å². The van der Waals surface area contributed by atoms with Gasteiger partial charge in [0.1, 0.15) is 24.0 Å². The van der Waals surface area contributed by atoms with Gasteiger partial charge in [-0.3, -0.25) is 19.6 Å². The number of nitrogens with zero attached hydrogens (tertiary/aromatic N) is 3. The summed E-state index contributed by atoms with van der Waals surface area (Å²) < 4.78 is 25.2. The molecule has 0 aliphatic rings. The van der Waals surface area contributed by atoms with Crippen molar-refractivity contribution in [2.75, 3.05) is 6.54 Å². The SMILES string of the molecule is Cc1nn(CC(=O)NCC(O)C(F)F)c(C)c1[N+](=O)[O-]. The smallest absolute Gasteiger partial charge is 0.312 e. The van der Waals surface area contributed by atoms with Crippen LogP contribution in [0.4, 0.5) is 14.5 Å². The topological polar surface area (TPSA) is 110 Å². The molecule has 1 amide bonds. The minimum absolute atomic E-state index is 0.160. The molecule has 10 heteroatoms. The molecule has 8 nitrogen and oxygen atoms in total. The Bertz CT molecular complexity index is 518. The molecule has 0 spiro atoms. The zero-order chi connectivity index (χ0) is 15.4. The van der Waals surface area contributed by atoms with Crippen molar-refractivity contribution < 1.29 is 23.6 Å². The molecule has 1 atom stereocenters. The molecule has 0 aliphatic heterocycles. The van der Waals surface area contributed by atoms with E-state index in [9.17, 15) is 23.7 Å². The number of hydrogen-bond acceptors (Lipinski definition) is 5. The molecular formula is C10H14F2N4O4. The minimum Gasteiger partial charge on any atom is -0.385 e. The second-order valence-electron chi connectivity index (χ2n) is 4.14. The van der Waals surface area contributed by atoms with Gasteiger partial charge in [0.15, 0.2) is 0 Å². The van der Waals surface area contributed by atoms with Crippen LogP contribution in [0.15, 0.2) is 0 Å². The van der Waals surface area contributed by atoms with E-state index in [4.69, 9.17) is 5.11 Å². The van der Waals surface area contributed by atoms with Gasteiger partial charge in [0.2, 0.25) is 5.91 Å². The molecule has 1 aromatic heterocycles. The number of alkyl halides is 2. The van der Waals surface area contributed by atoms with Crippen LogP contribution >= 0.6 is 0 Å². The zero-order valence-electron chi connectivity index (χ0n) is 10.8. The third kappa shape index (κ3) is 3.70. The van der Waals surface area contributed by atoms with Crippen molar-refractivity contribution in [2.24, 2.45) is 0 Å². The minimum atomic E-state index is -2.95. The fraction of sp³-hybridized carbons (Fsp3) is 0.600. The zero-order valence-corrected chi connectivity index (χ0v) is 10.8. The maximum absolute atomic E-state index is 12.0. The number of carbonyl (C=O) groups is 1. The molecule has 0 saturated heterocycles. The van der Waals surface area contributed by atoms with E-state index < -0.39 is 29.9 Å². The highest BCUT2D eigenvalue weighted by molar-refractivity contribution is 5.75. The van der Waals surface area contributed by atoms with Crippen molar-refractivity contribution in [1.29, 1.82) is 0 Å². The number of aryl methyl sites for hydroxylation is 1. The summed E-state index contributed by atoms with van der Waals surface area (Å²) in [6, 6.07) is 0. The van der Waals surface area contributed by atoms with Crippen LogP contribution in [0.5, 0.6) is 0 Å². The highest BCUT2D eigenvalue weighted by Crippen LogP contribution is 2.21. The summed E-state index contributed by atoms with van der Waals surface area (Å²) >= 11 is 0. The first-order chi connectivity index (χ1) is 9.23. The fourth-order valence-corrected chi connectivity index (χ4v) is 1.61. The Balaban J connectivity index is 2.68. The normalized spacial score (nSPS) is 12.5. The fourth-order valence-electron chi connectivity index (χ4n) is 1.61. The lowest BCUT2D eigenvalue weighted by Crippen LogP contribution is -2.37. The third-order valence-corrected chi connectivity index (χ3v) is 2.62. The summed E-state index contributed by atoms with van der Waals surface area (Å²) in [7, 11) is 0. The first kappa shape index (κ1) is 16.0. The molecule has 0 saturated carbocycles. The Kier molecular flexibility index (Phi) is 5.08. The number of nitro groups is 1. The number of rotatable bonds is 6. The molecule has 1 aromatic rings. The molecule has 1 rings (SSSR count). The summed E-state index contributed by atoms with van der Waals surface area (Å²) in [6.45, 7) is 1.91. The van der Waals surface area contributed by atoms with Crippen molar-refractivity contribution in [2.45, 2.75) is 32.9 Å². The maximum atomic E-state index is 12.0. The van der Waals surface area contributed by atoms with Gasteiger partial charge >= 0.3 is 5.69 Å². The van der Waals surface area contributed by atoms with Gasteiger partial charge in [0.25, 0.3) is 6.43 Å². The van der Waals surface area contributed by atoms with E-state index in [0.29, 0.717) is 0 Å². The first-order valence-corrected chi connectivity index (χ1v) is 5.65. The van der Waals surface area contributed by atoms with E-state index in [0.717, 1.165) is 4.68 Å². The van der Waals surface area contributed by atoms with E-state index in [-0.39, 0.29) is 23.6 Å². The number of amides is 1. The van der Waals surface area contributed by atoms with Crippen LogP contribution in [0, 0.1) is 24.0 Å². The second-order valence-corrected chi connectivity index (χ2v) is 4.14. The first-order valence-electron chi connectivity index (χ1n) is 5.65. The predicted molar refractivity (Wildman–Crippen MR) is 63.4 cm³/mol. The average Bonchev–Trinajstić information content (AvgIpc) is 2.61. The molecule has 1 heterocycles. The number of aliphatic hydroxyl groups excluding tert-OH is 1. The summed E-state index contributed by atoms with van der Waals surface area (Å²) in [5.41, 5.74) is 0.162. The maximum Gasteiger partial charge on any atom is 0.312 e. The van der Waals surface area contributed by atoms with Crippen molar-refractivity contribution in [1.82, 2.24) is 15.1 Å². The van der Waals surface area contributed by atoms with Crippen LogP contribution in [0.3, 0.4) is 0 Å². The van der Waals surface area contributed by atoms with Crippen LogP contribution in [0.25, 0.3) is 0 Å². The Morgan fingerprint density at radius 3 is 2.60 bits per heavy atom. The van der Waals surface area contributed by atoms with Crippen LogP contribution in [-0.2, 0) is 11.3 Å². The highest BCUT2D eigenvalue weighted by Gasteiger charge is 2.23. The number of halogens is 2. The van der Waals surface area contributed by atoms with Gasteiger partial charge in [-0.15, -0.1) is 0 Å². The van der Waals surface area contributed by atoms with E-state index in [1.807, 2.05) is 0 Å². The summed E-state index contributed by atoms with van der Waals surface area (Å²) in [5, 5.41) is 25.5. The third-order valence-electron chi connectivity index (χ3n) is 2.62. The van der Waals surface area contributed by atoms with Gasteiger partial charge in [-0.1, -0.05) is 0 Å². The predicted octanol–water partition coefficient (Wildman–Crippen LogP) is 0.150. The van der Waals surface area contributed by atoms with Crippen molar-refractivity contribution in [3.63, 3.8) is 0 Å². The molecule has 0 radical (unpaired) electrons. The molecule has 20 heavy (non-hydrogen) atoms. The lowest BCUT2D eigenvalue weighted by Gasteiger charge is -2.10. The van der Waals surface area contributed by atoms with Crippen molar-refractivity contribution in [3.8, 4) is 0 Å². The molecule has 0 aromatic carbocycles. The van der Waals surface area contributed by atoms with Gasteiger partial charge in [-0.05, 0) is 13.8 Å². The van der Waals surface area contributed by atoms with Gasteiger partial charge in [-0.25, -0.2) is 8.78 Å². The van der Waals surface area contributed by atoms with E-state index in [1.165, 1.54) is 13.8 Å². The Morgan fingerprint density at radius 1 is 1.55 bits per heavy atom. The molecule has 1 unspecified atom stereocenters. The van der Waals surface area contributed by atoms with Gasteiger partial charge in [0.05, 0.1) is 4.92 Å². The molecular weight excluding hydrogens is 278 g/mol. The number of aromatic nitrogens is 2. The molecule has 2 N–H and O–H groups in total. The van der Waals surface area contributed by atoms with E-state index in [1.54, 1.807) is 0 Å². The lowest BCUT2D eigenvalue weighted by atomic mass is 10.3. The van der Waals surface area contributed by atoms with Gasteiger partial charge in [0, 0.05) is 6.54 Å². The Labute approximate surface area is 112 Å². The summed E-state index contributed by atoms with van der Waals surface area (Å²) in [4.78, 5) is 21.6. The second kappa shape index (κ2) is 6.37. The molecule has 0 fully saturated rings. The summed E-state index contributed by atoms with van der Waals surface area (Å²) in [5.74, 6) is -0.676.